The lowest BCUT2D eigenvalue weighted by Gasteiger charge is -2.32. The molecular formula is C16H17ClO3. The highest BCUT2D eigenvalue weighted by molar-refractivity contribution is 6.34. The van der Waals surface area contributed by atoms with Crippen molar-refractivity contribution < 1.29 is 14.3 Å². The van der Waals surface area contributed by atoms with Crippen LogP contribution in [0.1, 0.15) is 36.2 Å². The molecule has 106 valence electrons. The molecule has 0 spiro atoms. The molecule has 0 N–H and O–H groups in total. The van der Waals surface area contributed by atoms with Crippen LogP contribution in [0.3, 0.4) is 0 Å². The molecule has 0 saturated carbocycles. The van der Waals surface area contributed by atoms with Gasteiger partial charge in [-0.25, -0.2) is 0 Å². The molecule has 0 radical (unpaired) electrons. The molecule has 4 heteroatoms. The van der Waals surface area contributed by atoms with E-state index in [0.717, 1.165) is 5.56 Å². The number of Topliss-reactive ketones (excluding diaryl/α,β-unsaturated/α-hetero) is 1. The van der Waals surface area contributed by atoms with Crippen LogP contribution in [0.5, 0.6) is 0 Å². The largest absolute Gasteiger partial charge is 0.457 e. The molecule has 3 nitrogen and oxygen atoms in total. The van der Waals surface area contributed by atoms with Crippen LogP contribution in [0.25, 0.3) is 0 Å². The van der Waals surface area contributed by atoms with Crippen LogP contribution in [0.4, 0.5) is 0 Å². The first-order valence-electron chi connectivity index (χ1n) is 6.34. The first-order chi connectivity index (χ1) is 9.27. The van der Waals surface area contributed by atoms with E-state index < -0.39 is 5.79 Å². The molecule has 1 aliphatic heterocycles. The number of carbonyl (C=O) groups is 1. The van der Waals surface area contributed by atoms with Crippen molar-refractivity contribution in [3.8, 4) is 0 Å². The Hall–Kier alpha value is -1.74. The molecule has 0 saturated heterocycles. The molecule has 0 fully saturated rings. The summed E-state index contributed by atoms with van der Waals surface area (Å²) in [7, 11) is 0. The SMILES string of the molecule is C=C1C=C(CC(=O)c2cc(C)ccc2Cl)OC(C)(C)O1. The molecule has 0 amide bonds. The molecule has 1 heterocycles. The van der Waals surface area contributed by atoms with Crippen LogP contribution in [0.2, 0.25) is 5.02 Å². The van der Waals surface area contributed by atoms with Gasteiger partial charge in [0.2, 0.25) is 5.79 Å². The van der Waals surface area contributed by atoms with E-state index in [9.17, 15) is 4.79 Å². The number of aryl methyl sites for hydroxylation is 1. The number of allylic oxidation sites excluding steroid dienone is 2. The predicted molar refractivity (Wildman–Crippen MR) is 78.6 cm³/mol. The first-order valence-corrected chi connectivity index (χ1v) is 6.71. The summed E-state index contributed by atoms with van der Waals surface area (Å²) in [5, 5.41) is 0.450. The van der Waals surface area contributed by atoms with Gasteiger partial charge >= 0.3 is 0 Å². The highest BCUT2D eigenvalue weighted by Gasteiger charge is 2.28. The number of ether oxygens (including phenoxy) is 2. The zero-order chi connectivity index (χ0) is 14.9. The molecule has 1 aromatic carbocycles. The number of halogens is 1. The smallest absolute Gasteiger partial charge is 0.245 e. The first kappa shape index (κ1) is 14.7. The summed E-state index contributed by atoms with van der Waals surface area (Å²) in [5.74, 6) is 0.126. The predicted octanol–water partition coefficient (Wildman–Crippen LogP) is 4.40. The Bertz CT molecular complexity index is 600. The molecular weight excluding hydrogens is 276 g/mol. The Morgan fingerprint density at radius 2 is 2.05 bits per heavy atom. The van der Waals surface area contributed by atoms with E-state index in [4.69, 9.17) is 21.1 Å². The van der Waals surface area contributed by atoms with Crippen LogP contribution < -0.4 is 0 Å². The average molecular weight is 293 g/mol. The van der Waals surface area contributed by atoms with E-state index in [1.165, 1.54) is 0 Å². The Balaban J connectivity index is 2.20. The highest BCUT2D eigenvalue weighted by atomic mass is 35.5. The van der Waals surface area contributed by atoms with Gasteiger partial charge in [-0.1, -0.05) is 29.8 Å². The molecule has 20 heavy (non-hydrogen) atoms. The van der Waals surface area contributed by atoms with Gasteiger partial charge in [0.05, 0.1) is 11.4 Å². The van der Waals surface area contributed by atoms with E-state index in [1.807, 2.05) is 13.0 Å². The fourth-order valence-corrected chi connectivity index (χ4v) is 2.31. The standard InChI is InChI=1S/C16H17ClO3/c1-10-5-6-14(17)13(7-10)15(18)9-12-8-11(2)19-16(3,4)20-12/h5-8H,2,9H2,1,3-4H3. The molecule has 2 rings (SSSR count). The lowest BCUT2D eigenvalue weighted by atomic mass is 10.0. The van der Waals surface area contributed by atoms with Crippen LogP contribution >= 0.6 is 11.6 Å². The summed E-state index contributed by atoms with van der Waals surface area (Å²) in [4.78, 5) is 12.3. The van der Waals surface area contributed by atoms with Gasteiger partial charge in [-0.3, -0.25) is 4.79 Å². The minimum Gasteiger partial charge on any atom is -0.457 e. The average Bonchev–Trinajstić information content (AvgIpc) is 2.29. The second kappa shape index (κ2) is 5.33. The molecule has 0 atom stereocenters. The van der Waals surface area contributed by atoms with Crippen molar-refractivity contribution in [3.05, 3.63) is 58.5 Å². The van der Waals surface area contributed by atoms with E-state index in [0.29, 0.717) is 22.1 Å². The quantitative estimate of drug-likeness (QED) is 0.775. The summed E-state index contributed by atoms with van der Waals surface area (Å²) < 4.78 is 11.0. The number of hydrogen-bond acceptors (Lipinski definition) is 3. The van der Waals surface area contributed by atoms with E-state index in [2.05, 4.69) is 6.58 Å². The van der Waals surface area contributed by atoms with Gasteiger partial charge in [0, 0.05) is 25.5 Å². The summed E-state index contributed by atoms with van der Waals surface area (Å²) in [6.07, 6.45) is 1.77. The number of rotatable bonds is 3. The normalized spacial score (nSPS) is 17.0. The topological polar surface area (TPSA) is 35.5 Å². The summed E-state index contributed by atoms with van der Waals surface area (Å²) in [6, 6.07) is 5.38. The maximum absolute atomic E-state index is 12.3. The zero-order valence-electron chi connectivity index (χ0n) is 11.8. The maximum atomic E-state index is 12.3. The Morgan fingerprint density at radius 3 is 2.70 bits per heavy atom. The zero-order valence-corrected chi connectivity index (χ0v) is 12.6. The lowest BCUT2D eigenvalue weighted by molar-refractivity contribution is -0.172. The molecule has 0 aromatic heterocycles. The van der Waals surface area contributed by atoms with Crippen molar-refractivity contribution in [1.29, 1.82) is 0 Å². The second-order valence-corrected chi connectivity index (χ2v) is 5.67. The molecule has 0 bridgehead atoms. The Labute approximate surface area is 123 Å². The molecule has 0 aliphatic carbocycles. The Kier molecular flexibility index (Phi) is 3.91. The highest BCUT2D eigenvalue weighted by Crippen LogP contribution is 2.29. The molecule has 1 aliphatic rings. The monoisotopic (exact) mass is 292 g/mol. The minimum atomic E-state index is -0.808. The second-order valence-electron chi connectivity index (χ2n) is 5.26. The third-order valence-corrected chi connectivity index (χ3v) is 3.16. The third-order valence-electron chi connectivity index (χ3n) is 2.83. The number of carbonyl (C=O) groups excluding carboxylic acids is 1. The van der Waals surface area contributed by atoms with E-state index in [1.54, 1.807) is 32.1 Å². The van der Waals surface area contributed by atoms with Gasteiger partial charge in [0.1, 0.15) is 11.5 Å². The maximum Gasteiger partial charge on any atom is 0.245 e. The third kappa shape index (κ3) is 3.42. The van der Waals surface area contributed by atoms with Crippen LogP contribution in [0.15, 0.2) is 42.4 Å². The van der Waals surface area contributed by atoms with E-state index in [-0.39, 0.29) is 12.2 Å². The van der Waals surface area contributed by atoms with E-state index >= 15 is 0 Å². The minimum absolute atomic E-state index is 0.0875. The Morgan fingerprint density at radius 1 is 1.35 bits per heavy atom. The van der Waals surface area contributed by atoms with Crippen molar-refractivity contribution in [3.63, 3.8) is 0 Å². The fraction of sp³-hybridized carbons (Fsp3) is 0.312. The van der Waals surface area contributed by atoms with Crippen LogP contribution in [0, 0.1) is 6.92 Å². The van der Waals surface area contributed by atoms with Gasteiger partial charge < -0.3 is 9.47 Å². The lowest BCUT2D eigenvalue weighted by Crippen LogP contribution is -2.31. The van der Waals surface area contributed by atoms with Crippen LogP contribution in [-0.2, 0) is 9.47 Å². The fourth-order valence-electron chi connectivity index (χ4n) is 2.08. The van der Waals surface area contributed by atoms with Crippen molar-refractivity contribution in [1.82, 2.24) is 0 Å². The van der Waals surface area contributed by atoms with Gasteiger partial charge in [0.15, 0.2) is 5.78 Å². The summed E-state index contributed by atoms with van der Waals surface area (Å²) >= 11 is 6.07. The van der Waals surface area contributed by atoms with Gasteiger partial charge in [-0.2, -0.15) is 0 Å². The van der Waals surface area contributed by atoms with Crippen LogP contribution in [-0.4, -0.2) is 11.6 Å². The van der Waals surface area contributed by atoms with Gasteiger partial charge in [-0.05, 0) is 19.1 Å². The van der Waals surface area contributed by atoms with Crippen molar-refractivity contribution in [2.75, 3.05) is 0 Å². The molecule has 0 unspecified atom stereocenters. The number of benzene rings is 1. The van der Waals surface area contributed by atoms with Gasteiger partial charge in [0.25, 0.3) is 0 Å². The molecule has 1 aromatic rings. The summed E-state index contributed by atoms with van der Waals surface area (Å²) in [6.45, 7) is 9.22. The van der Waals surface area contributed by atoms with Crippen molar-refractivity contribution >= 4 is 17.4 Å². The van der Waals surface area contributed by atoms with Crippen molar-refractivity contribution in [2.45, 2.75) is 33.0 Å². The number of ketones is 1. The summed E-state index contributed by atoms with van der Waals surface area (Å²) in [5.41, 5.74) is 1.50. The van der Waals surface area contributed by atoms with Gasteiger partial charge in [-0.15, -0.1) is 0 Å². The number of hydrogen-bond donors (Lipinski definition) is 0. The van der Waals surface area contributed by atoms with Crippen molar-refractivity contribution in [2.24, 2.45) is 0 Å².